The summed E-state index contributed by atoms with van der Waals surface area (Å²) in [6.45, 7) is -0.792. The Morgan fingerprint density at radius 1 is 1.28 bits per heavy atom. The number of aromatic nitrogens is 2. The van der Waals surface area contributed by atoms with Gasteiger partial charge < -0.3 is 5.32 Å². The van der Waals surface area contributed by atoms with Gasteiger partial charge in [-0.25, -0.2) is 0 Å². The predicted octanol–water partition coefficient (Wildman–Crippen LogP) is 3.26. The normalized spacial score (nSPS) is 11.8. The van der Waals surface area contributed by atoms with Gasteiger partial charge >= 0.3 is 6.18 Å². The van der Waals surface area contributed by atoms with E-state index in [1.807, 2.05) is 0 Å². The summed E-state index contributed by atoms with van der Waals surface area (Å²) in [6.07, 6.45) is -3.05. The number of alkyl halides is 3. The molecule has 0 saturated heterocycles. The minimum atomic E-state index is -4.29. The lowest BCUT2D eigenvalue weighted by atomic mass is 10.4. The van der Waals surface area contributed by atoms with Crippen LogP contribution < -0.4 is 5.32 Å². The maximum atomic E-state index is 12.7. The Labute approximate surface area is 104 Å². The smallest absolute Gasteiger partial charge is 0.364 e. The maximum absolute atomic E-state index is 12.7. The second-order valence-electron chi connectivity index (χ2n) is 3.57. The van der Waals surface area contributed by atoms with E-state index in [1.165, 1.54) is 18.3 Å². The lowest BCUT2D eigenvalue weighted by Gasteiger charge is -2.05. The summed E-state index contributed by atoms with van der Waals surface area (Å²) >= 11 is 0.980. The molecule has 8 heteroatoms. The monoisotopic (exact) mass is 279 g/mol. The summed E-state index contributed by atoms with van der Waals surface area (Å²) in [5.74, 6) is 0.327. The van der Waals surface area contributed by atoms with Crippen LogP contribution in [-0.2, 0) is 13.1 Å². The average molecular weight is 279 g/mol. The van der Waals surface area contributed by atoms with Crippen LogP contribution in [0.5, 0.6) is 0 Å². The number of anilines is 1. The highest BCUT2D eigenvalue weighted by Crippen LogP contribution is 2.18. The second-order valence-corrected chi connectivity index (χ2v) is 4.69. The number of hydrogen-bond acceptors (Lipinski definition) is 3. The third-order valence-corrected chi connectivity index (χ3v) is 2.93. The van der Waals surface area contributed by atoms with Crippen LogP contribution in [0, 0.1) is 5.13 Å². The fourth-order valence-corrected chi connectivity index (χ4v) is 2.02. The van der Waals surface area contributed by atoms with Gasteiger partial charge in [0.1, 0.15) is 12.4 Å². The molecule has 2 rings (SSSR count). The first-order valence-corrected chi connectivity index (χ1v) is 5.82. The van der Waals surface area contributed by atoms with Gasteiger partial charge in [0.05, 0.1) is 6.54 Å². The van der Waals surface area contributed by atoms with E-state index in [0.717, 1.165) is 20.9 Å². The molecule has 1 N–H and O–H groups in total. The molecule has 2 aromatic rings. The van der Waals surface area contributed by atoms with Gasteiger partial charge in [0.2, 0.25) is 0 Å². The molecule has 0 saturated carbocycles. The van der Waals surface area contributed by atoms with Crippen LogP contribution >= 0.6 is 11.3 Å². The summed E-state index contributed by atoms with van der Waals surface area (Å²) in [5.41, 5.74) is 0. The Balaban J connectivity index is 1.91. The zero-order valence-electron chi connectivity index (χ0n) is 9.04. The van der Waals surface area contributed by atoms with E-state index in [4.69, 9.17) is 0 Å². The maximum Gasteiger partial charge on any atom is 0.408 e. The highest BCUT2D eigenvalue weighted by molar-refractivity contribution is 7.10. The third kappa shape index (κ3) is 3.73. The van der Waals surface area contributed by atoms with Crippen LogP contribution in [0.25, 0.3) is 0 Å². The predicted molar refractivity (Wildman–Crippen MR) is 59.9 cm³/mol. The molecular weight excluding hydrogens is 270 g/mol. The molecule has 2 heterocycles. The van der Waals surface area contributed by atoms with Gasteiger partial charge in [0, 0.05) is 17.1 Å². The number of nitrogens with zero attached hydrogens (tertiary/aromatic N) is 2. The number of hydrogen-bond donors (Lipinski definition) is 1. The quantitative estimate of drug-likeness (QED) is 0.871. The van der Waals surface area contributed by atoms with Gasteiger partial charge in [0.25, 0.3) is 0 Å². The standard InChI is InChI=1S/C10H9F4N3S/c11-8-2-1-7(18-8)5-15-9-3-4-17(16-9)6-10(12,13)14/h1-4H,5-6H2,(H,15,16). The Morgan fingerprint density at radius 2 is 2.06 bits per heavy atom. The van der Waals surface area contributed by atoms with Gasteiger partial charge in [-0.1, -0.05) is 0 Å². The van der Waals surface area contributed by atoms with Gasteiger partial charge in [-0.2, -0.15) is 22.7 Å². The minimum absolute atomic E-state index is 0.297. The van der Waals surface area contributed by atoms with Crippen LogP contribution in [0.1, 0.15) is 4.88 Å². The van der Waals surface area contributed by atoms with Crippen molar-refractivity contribution in [2.45, 2.75) is 19.3 Å². The van der Waals surface area contributed by atoms with E-state index in [2.05, 4.69) is 10.4 Å². The molecule has 0 atom stereocenters. The Bertz CT molecular complexity index is 517. The molecule has 0 fully saturated rings. The van der Waals surface area contributed by atoms with Crippen LogP contribution in [0.15, 0.2) is 24.4 Å². The first kappa shape index (κ1) is 12.9. The largest absolute Gasteiger partial charge is 0.408 e. The highest BCUT2D eigenvalue weighted by Gasteiger charge is 2.28. The first-order chi connectivity index (χ1) is 8.42. The van der Waals surface area contributed by atoms with Crippen LogP contribution in [0.4, 0.5) is 23.4 Å². The van der Waals surface area contributed by atoms with Crippen LogP contribution in [0.3, 0.4) is 0 Å². The van der Waals surface area contributed by atoms with E-state index in [-0.39, 0.29) is 5.13 Å². The number of halogens is 4. The third-order valence-electron chi connectivity index (χ3n) is 2.05. The molecular formula is C10H9F4N3S. The van der Waals surface area contributed by atoms with Crippen LogP contribution in [0.2, 0.25) is 0 Å². The van der Waals surface area contributed by atoms with Crippen molar-refractivity contribution in [1.29, 1.82) is 0 Å². The molecule has 0 aliphatic rings. The van der Waals surface area contributed by atoms with E-state index in [1.54, 1.807) is 6.07 Å². The molecule has 3 nitrogen and oxygen atoms in total. The van der Waals surface area contributed by atoms with E-state index in [9.17, 15) is 17.6 Å². The van der Waals surface area contributed by atoms with Gasteiger partial charge in [-0.15, -0.1) is 11.3 Å². The molecule has 0 bridgehead atoms. The SMILES string of the molecule is Fc1ccc(CNc2ccn(CC(F)(F)F)n2)s1. The van der Waals surface area contributed by atoms with E-state index < -0.39 is 12.7 Å². The fraction of sp³-hybridized carbons (Fsp3) is 0.300. The summed E-state index contributed by atoms with van der Waals surface area (Å²) in [5, 5.41) is 6.24. The first-order valence-electron chi connectivity index (χ1n) is 5.01. The topological polar surface area (TPSA) is 29.9 Å². The molecule has 18 heavy (non-hydrogen) atoms. The van der Waals surface area contributed by atoms with Crippen molar-refractivity contribution in [1.82, 2.24) is 9.78 Å². The van der Waals surface area contributed by atoms with Crippen molar-refractivity contribution in [3.8, 4) is 0 Å². The van der Waals surface area contributed by atoms with Crippen molar-refractivity contribution >= 4 is 17.2 Å². The summed E-state index contributed by atoms with van der Waals surface area (Å²) in [6, 6.07) is 4.39. The van der Waals surface area contributed by atoms with Crippen LogP contribution in [-0.4, -0.2) is 16.0 Å². The zero-order chi connectivity index (χ0) is 13.2. The molecule has 0 aliphatic carbocycles. The Hall–Kier alpha value is -1.57. The van der Waals surface area contributed by atoms with Crippen molar-refractivity contribution in [3.05, 3.63) is 34.4 Å². The molecule has 2 aromatic heterocycles. The van der Waals surface area contributed by atoms with Gasteiger partial charge in [-0.3, -0.25) is 4.68 Å². The average Bonchev–Trinajstić information content (AvgIpc) is 2.82. The lowest BCUT2D eigenvalue weighted by molar-refractivity contribution is -0.142. The summed E-state index contributed by atoms with van der Waals surface area (Å²) in [7, 11) is 0. The number of nitrogens with one attached hydrogen (secondary N) is 1. The van der Waals surface area contributed by atoms with Crippen molar-refractivity contribution in [2.24, 2.45) is 0 Å². The molecule has 0 unspecified atom stereocenters. The molecule has 0 radical (unpaired) electrons. The zero-order valence-corrected chi connectivity index (χ0v) is 9.85. The molecule has 98 valence electrons. The highest BCUT2D eigenvalue weighted by atomic mass is 32.1. The summed E-state index contributed by atoms with van der Waals surface area (Å²) in [4.78, 5) is 0.748. The van der Waals surface area contributed by atoms with Crippen molar-refractivity contribution in [2.75, 3.05) is 5.32 Å². The molecule has 0 aromatic carbocycles. The molecule has 0 aliphatic heterocycles. The van der Waals surface area contributed by atoms with Crippen molar-refractivity contribution in [3.63, 3.8) is 0 Å². The molecule has 0 spiro atoms. The molecule has 0 amide bonds. The lowest BCUT2D eigenvalue weighted by Crippen LogP contribution is -2.18. The van der Waals surface area contributed by atoms with Crippen molar-refractivity contribution < 1.29 is 17.6 Å². The fourth-order valence-electron chi connectivity index (χ4n) is 1.35. The number of thiophene rings is 1. The van der Waals surface area contributed by atoms with E-state index in [0.29, 0.717) is 12.4 Å². The minimum Gasteiger partial charge on any atom is -0.364 e. The Morgan fingerprint density at radius 3 is 2.67 bits per heavy atom. The van der Waals surface area contributed by atoms with Gasteiger partial charge in [0.15, 0.2) is 5.13 Å². The Kier molecular flexibility index (Phi) is 3.55. The van der Waals surface area contributed by atoms with E-state index >= 15 is 0 Å². The second kappa shape index (κ2) is 4.97. The van der Waals surface area contributed by atoms with Gasteiger partial charge in [-0.05, 0) is 12.1 Å². The number of rotatable bonds is 4. The summed E-state index contributed by atoms with van der Waals surface area (Å²) < 4.78 is 49.7.